The van der Waals surface area contributed by atoms with Crippen LogP contribution in [0.25, 0.3) is 0 Å². The topological polar surface area (TPSA) is 54.0 Å². The van der Waals surface area contributed by atoms with E-state index in [0.29, 0.717) is 5.92 Å². The molecule has 94 valence electrons. The summed E-state index contributed by atoms with van der Waals surface area (Å²) in [4.78, 5) is 15.6. The fourth-order valence-electron chi connectivity index (χ4n) is 1.24. The molecule has 1 unspecified atom stereocenters. The van der Waals surface area contributed by atoms with Gasteiger partial charge in [-0.15, -0.1) is 0 Å². The van der Waals surface area contributed by atoms with Crippen LogP contribution in [0.5, 0.6) is 0 Å². The maximum Gasteiger partial charge on any atom is 0.254 e. The van der Waals surface area contributed by atoms with E-state index in [1.165, 1.54) is 12.3 Å². The first-order valence-corrected chi connectivity index (χ1v) is 5.60. The van der Waals surface area contributed by atoms with E-state index in [2.05, 4.69) is 15.6 Å². The lowest BCUT2D eigenvalue weighted by atomic mass is 10.1. The van der Waals surface area contributed by atoms with Gasteiger partial charge in [0.15, 0.2) is 11.6 Å². The zero-order valence-electron chi connectivity index (χ0n) is 10.5. The van der Waals surface area contributed by atoms with E-state index in [0.717, 1.165) is 0 Å². The maximum absolute atomic E-state index is 13.8. The SMILES string of the molecule is CNc1nccc(C(=O)NC(C)C(C)C)c1F. The molecule has 1 heterocycles. The lowest BCUT2D eigenvalue weighted by Crippen LogP contribution is -2.36. The molecule has 0 bridgehead atoms. The van der Waals surface area contributed by atoms with Crippen LogP contribution in [-0.4, -0.2) is 24.0 Å². The molecule has 0 aliphatic rings. The molecule has 0 aromatic carbocycles. The molecule has 2 N–H and O–H groups in total. The van der Waals surface area contributed by atoms with Gasteiger partial charge in [-0.05, 0) is 18.9 Å². The normalized spacial score (nSPS) is 12.4. The first-order chi connectivity index (χ1) is 7.97. The van der Waals surface area contributed by atoms with Crippen molar-refractivity contribution < 1.29 is 9.18 Å². The Kier molecular flexibility index (Phi) is 4.43. The van der Waals surface area contributed by atoms with Crippen molar-refractivity contribution in [2.45, 2.75) is 26.8 Å². The van der Waals surface area contributed by atoms with Gasteiger partial charge in [-0.2, -0.15) is 0 Å². The number of pyridine rings is 1. The van der Waals surface area contributed by atoms with Crippen LogP contribution in [0.4, 0.5) is 10.2 Å². The molecule has 0 saturated carbocycles. The van der Waals surface area contributed by atoms with Gasteiger partial charge in [0.2, 0.25) is 0 Å². The van der Waals surface area contributed by atoms with E-state index in [1.807, 2.05) is 20.8 Å². The van der Waals surface area contributed by atoms with E-state index in [1.54, 1.807) is 7.05 Å². The Bertz CT molecular complexity index is 407. The number of amides is 1. The minimum atomic E-state index is -0.622. The van der Waals surface area contributed by atoms with Gasteiger partial charge in [-0.1, -0.05) is 13.8 Å². The molecule has 0 spiro atoms. The van der Waals surface area contributed by atoms with Crippen molar-refractivity contribution in [3.05, 3.63) is 23.6 Å². The molecule has 0 saturated heterocycles. The molecule has 17 heavy (non-hydrogen) atoms. The lowest BCUT2D eigenvalue weighted by molar-refractivity contribution is 0.0926. The minimum absolute atomic E-state index is 0.00639. The second-order valence-electron chi connectivity index (χ2n) is 4.28. The Morgan fingerprint density at radius 3 is 2.59 bits per heavy atom. The van der Waals surface area contributed by atoms with Gasteiger partial charge < -0.3 is 10.6 Å². The molecular weight excluding hydrogens is 221 g/mol. The number of nitrogens with one attached hydrogen (secondary N) is 2. The summed E-state index contributed by atoms with van der Waals surface area (Å²) in [7, 11) is 1.56. The van der Waals surface area contributed by atoms with Crippen molar-refractivity contribution in [1.82, 2.24) is 10.3 Å². The summed E-state index contributed by atoms with van der Waals surface area (Å²) in [5, 5.41) is 5.35. The molecule has 1 rings (SSSR count). The monoisotopic (exact) mass is 239 g/mol. The number of anilines is 1. The maximum atomic E-state index is 13.8. The number of nitrogens with zero attached hydrogens (tertiary/aromatic N) is 1. The van der Waals surface area contributed by atoms with Crippen molar-refractivity contribution in [2.75, 3.05) is 12.4 Å². The third-order valence-electron chi connectivity index (χ3n) is 2.73. The number of halogens is 1. The van der Waals surface area contributed by atoms with E-state index < -0.39 is 11.7 Å². The van der Waals surface area contributed by atoms with Crippen molar-refractivity contribution >= 4 is 11.7 Å². The molecule has 5 heteroatoms. The van der Waals surface area contributed by atoms with E-state index >= 15 is 0 Å². The Morgan fingerprint density at radius 2 is 2.06 bits per heavy atom. The summed E-state index contributed by atoms with van der Waals surface area (Å²) in [5.74, 6) is -0.659. The van der Waals surface area contributed by atoms with Crippen LogP contribution < -0.4 is 10.6 Å². The van der Waals surface area contributed by atoms with Crippen molar-refractivity contribution in [3.8, 4) is 0 Å². The molecule has 1 aromatic rings. The third-order valence-corrected chi connectivity index (χ3v) is 2.73. The third kappa shape index (κ3) is 3.15. The van der Waals surface area contributed by atoms with Crippen molar-refractivity contribution in [1.29, 1.82) is 0 Å². The van der Waals surface area contributed by atoms with Gasteiger partial charge in [-0.25, -0.2) is 9.37 Å². The van der Waals surface area contributed by atoms with Gasteiger partial charge in [0.25, 0.3) is 5.91 Å². The first-order valence-electron chi connectivity index (χ1n) is 5.60. The van der Waals surface area contributed by atoms with E-state index in [-0.39, 0.29) is 17.4 Å². The summed E-state index contributed by atoms with van der Waals surface area (Å²) in [5.41, 5.74) is 0.0110. The Labute approximate surface area is 101 Å². The highest BCUT2D eigenvalue weighted by molar-refractivity contribution is 5.95. The van der Waals surface area contributed by atoms with Crippen LogP contribution >= 0.6 is 0 Å². The predicted molar refractivity (Wildman–Crippen MR) is 65.5 cm³/mol. The number of aromatic nitrogens is 1. The van der Waals surface area contributed by atoms with E-state index in [9.17, 15) is 9.18 Å². The fraction of sp³-hybridized carbons (Fsp3) is 0.500. The van der Waals surface area contributed by atoms with Crippen molar-refractivity contribution in [3.63, 3.8) is 0 Å². The van der Waals surface area contributed by atoms with Crippen LogP contribution in [0.2, 0.25) is 0 Å². The summed E-state index contributed by atoms with van der Waals surface area (Å²) in [6, 6.07) is 1.37. The lowest BCUT2D eigenvalue weighted by Gasteiger charge is -2.17. The largest absolute Gasteiger partial charge is 0.371 e. The summed E-state index contributed by atoms with van der Waals surface area (Å²) >= 11 is 0. The number of carbonyl (C=O) groups is 1. The van der Waals surface area contributed by atoms with Gasteiger partial charge in [-0.3, -0.25) is 4.79 Å². The van der Waals surface area contributed by atoms with E-state index in [4.69, 9.17) is 0 Å². The van der Waals surface area contributed by atoms with Crippen LogP contribution in [0.15, 0.2) is 12.3 Å². The second-order valence-corrected chi connectivity index (χ2v) is 4.28. The van der Waals surface area contributed by atoms with Gasteiger partial charge in [0.1, 0.15) is 0 Å². The number of rotatable bonds is 4. The van der Waals surface area contributed by atoms with Crippen LogP contribution in [-0.2, 0) is 0 Å². The molecule has 0 fully saturated rings. The first kappa shape index (κ1) is 13.4. The minimum Gasteiger partial charge on any atom is -0.371 e. The second kappa shape index (κ2) is 5.61. The fourth-order valence-corrected chi connectivity index (χ4v) is 1.24. The molecule has 1 atom stereocenters. The molecule has 0 radical (unpaired) electrons. The average Bonchev–Trinajstić information content (AvgIpc) is 2.28. The quantitative estimate of drug-likeness (QED) is 0.845. The van der Waals surface area contributed by atoms with Crippen molar-refractivity contribution in [2.24, 2.45) is 5.92 Å². The Balaban J connectivity index is 2.89. The number of hydrogen-bond donors (Lipinski definition) is 2. The molecular formula is C12H18FN3O. The molecule has 1 aromatic heterocycles. The highest BCUT2D eigenvalue weighted by atomic mass is 19.1. The Hall–Kier alpha value is -1.65. The number of hydrogen-bond acceptors (Lipinski definition) is 3. The molecule has 1 amide bonds. The summed E-state index contributed by atoms with van der Waals surface area (Å²) in [6.45, 7) is 5.88. The zero-order chi connectivity index (χ0) is 13.0. The standard InChI is InChI=1S/C12H18FN3O/c1-7(2)8(3)16-12(17)9-5-6-15-11(14-4)10(9)13/h5-8H,1-4H3,(H,14,15)(H,16,17). The molecule has 4 nitrogen and oxygen atoms in total. The predicted octanol–water partition coefficient (Wildman–Crippen LogP) is 2.04. The van der Waals surface area contributed by atoms with Crippen LogP contribution in [0, 0.1) is 11.7 Å². The van der Waals surface area contributed by atoms with Gasteiger partial charge in [0.05, 0.1) is 5.56 Å². The Morgan fingerprint density at radius 1 is 1.41 bits per heavy atom. The summed E-state index contributed by atoms with van der Waals surface area (Å²) < 4.78 is 13.8. The number of carbonyl (C=O) groups excluding carboxylic acids is 1. The smallest absolute Gasteiger partial charge is 0.254 e. The zero-order valence-corrected chi connectivity index (χ0v) is 10.5. The van der Waals surface area contributed by atoms with Crippen LogP contribution in [0.3, 0.4) is 0 Å². The highest BCUT2D eigenvalue weighted by Gasteiger charge is 2.18. The van der Waals surface area contributed by atoms with Crippen LogP contribution in [0.1, 0.15) is 31.1 Å². The average molecular weight is 239 g/mol. The molecule has 0 aliphatic heterocycles. The highest BCUT2D eigenvalue weighted by Crippen LogP contribution is 2.14. The molecule has 0 aliphatic carbocycles. The van der Waals surface area contributed by atoms with Gasteiger partial charge >= 0.3 is 0 Å². The summed E-state index contributed by atoms with van der Waals surface area (Å²) in [6.07, 6.45) is 1.41. The van der Waals surface area contributed by atoms with Gasteiger partial charge in [0, 0.05) is 19.3 Å².